The van der Waals surface area contributed by atoms with Gasteiger partial charge in [-0.1, -0.05) is 23.2 Å². The molecule has 1 aromatic carbocycles. The zero-order valence-corrected chi connectivity index (χ0v) is 15.4. The molecular weight excluding hydrogens is 415 g/mol. The number of nitrogens with zero attached hydrogens (tertiary/aromatic N) is 2. The topological polar surface area (TPSA) is 59.5 Å². The van der Waals surface area contributed by atoms with Crippen LogP contribution >= 0.6 is 23.2 Å². The van der Waals surface area contributed by atoms with Crippen LogP contribution in [0.3, 0.4) is 0 Å². The molecule has 26 heavy (non-hydrogen) atoms. The van der Waals surface area contributed by atoms with Crippen LogP contribution in [0, 0.1) is 0 Å². The van der Waals surface area contributed by atoms with E-state index in [4.69, 9.17) is 35.8 Å². The Morgan fingerprint density at radius 3 is 2.50 bits per heavy atom. The van der Waals surface area contributed by atoms with Crippen LogP contribution in [0.4, 0.5) is 18.9 Å². The Balaban J connectivity index is 2.64. The van der Waals surface area contributed by atoms with Gasteiger partial charge in [0.2, 0.25) is 0 Å². The molecule has 1 heterocycles. The molecule has 0 amide bonds. The molecule has 0 aliphatic rings. The van der Waals surface area contributed by atoms with Gasteiger partial charge in [-0.3, -0.25) is 4.98 Å². The molecule has 12 heteroatoms. The van der Waals surface area contributed by atoms with Gasteiger partial charge in [0, 0.05) is 18.9 Å². The first-order chi connectivity index (χ1) is 12.0. The third-order valence-corrected chi connectivity index (χ3v) is 5.48. The van der Waals surface area contributed by atoms with Gasteiger partial charge in [0.1, 0.15) is 14.6 Å². The first-order valence-electron chi connectivity index (χ1n) is 6.78. The predicted octanol–water partition coefficient (Wildman–Crippen LogP) is 3.00. The Hall–Kier alpha value is -1.49. The predicted molar refractivity (Wildman–Crippen MR) is 92.6 cm³/mol. The molecule has 0 aliphatic carbocycles. The number of alkyl halides is 3. The van der Waals surface area contributed by atoms with Crippen LogP contribution in [-0.4, -0.2) is 35.1 Å². The lowest BCUT2D eigenvalue weighted by Gasteiger charge is -2.25. The highest BCUT2D eigenvalue weighted by Gasteiger charge is 2.36. The Labute approximate surface area is 159 Å². The Morgan fingerprint density at radius 2 is 1.92 bits per heavy atom. The maximum absolute atomic E-state index is 13.0. The van der Waals surface area contributed by atoms with Gasteiger partial charge in [-0.05, 0) is 24.3 Å². The number of ether oxygens (including phenoxy) is 1. The van der Waals surface area contributed by atoms with E-state index in [0.29, 0.717) is 10.4 Å². The molecular formula is C14H10BCl2F3N2O3S. The summed E-state index contributed by atoms with van der Waals surface area (Å²) in [6.07, 6.45) is -3.63. The third-order valence-electron chi connectivity index (χ3n) is 3.21. The minimum absolute atomic E-state index is 0.0811. The number of halogens is 5. The number of aromatic nitrogens is 1. The third kappa shape index (κ3) is 4.25. The standard InChI is InChI=1S/C14H10BCl2F3N2O3S/c1-25-7-22(12-4-8(16)6-21-13(12)15)26(23,24)9-2-3-11(17)10(5-9)14(18,19)20/h2-6H,7H2,1H3. The van der Waals surface area contributed by atoms with E-state index in [1.165, 1.54) is 19.4 Å². The van der Waals surface area contributed by atoms with Gasteiger partial charge in [-0.15, -0.1) is 0 Å². The summed E-state index contributed by atoms with van der Waals surface area (Å²) in [4.78, 5) is 3.10. The van der Waals surface area contributed by atoms with E-state index in [1.54, 1.807) is 0 Å². The maximum atomic E-state index is 13.0. The Bertz CT molecular complexity index is 926. The molecule has 0 saturated heterocycles. The van der Waals surface area contributed by atoms with E-state index in [0.717, 1.165) is 12.1 Å². The smallest absolute Gasteiger partial charge is 0.363 e. The molecule has 0 bridgehead atoms. The second-order valence-corrected chi connectivity index (χ2v) is 7.67. The molecule has 2 aromatic rings. The Kier molecular flexibility index (Phi) is 6.11. The molecule has 138 valence electrons. The van der Waals surface area contributed by atoms with Gasteiger partial charge in [0.25, 0.3) is 10.0 Å². The van der Waals surface area contributed by atoms with Gasteiger partial charge in [-0.25, -0.2) is 12.7 Å². The van der Waals surface area contributed by atoms with Crippen LogP contribution in [0.25, 0.3) is 0 Å². The average molecular weight is 425 g/mol. The molecule has 0 aliphatic heterocycles. The monoisotopic (exact) mass is 424 g/mol. The van der Waals surface area contributed by atoms with Crippen molar-refractivity contribution < 1.29 is 26.3 Å². The van der Waals surface area contributed by atoms with E-state index < -0.39 is 38.4 Å². The van der Waals surface area contributed by atoms with Crippen LogP contribution in [0.2, 0.25) is 10.0 Å². The number of sulfonamides is 1. The number of pyridine rings is 1. The largest absolute Gasteiger partial charge is 0.417 e. The number of benzene rings is 1. The van der Waals surface area contributed by atoms with E-state index in [9.17, 15) is 21.6 Å². The van der Waals surface area contributed by atoms with Crippen LogP contribution in [-0.2, 0) is 20.9 Å². The van der Waals surface area contributed by atoms with Crippen LogP contribution in [0.15, 0.2) is 35.4 Å². The molecule has 0 saturated carbocycles. The molecule has 0 atom stereocenters. The van der Waals surface area contributed by atoms with Gasteiger partial charge < -0.3 is 4.74 Å². The lowest BCUT2D eigenvalue weighted by atomic mass is 10.0. The number of hydrogen-bond donors (Lipinski definition) is 0. The molecule has 0 spiro atoms. The summed E-state index contributed by atoms with van der Waals surface area (Å²) in [7, 11) is 2.41. The summed E-state index contributed by atoms with van der Waals surface area (Å²) >= 11 is 11.4. The summed E-state index contributed by atoms with van der Waals surface area (Å²) < 4.78 is 70.4. The summed E-state index contributed by atoms with van der Waals surface area (Å²) in [5, 5.41) is -0.545. The quantitative estimate of drug-likeness (QED) is 0.546. The van der Waals surface area contributed by atoms with Crippen LogP contribution in [0.5, 0.6) is 0 Å². The number of anilines is 1. The molecule has 0 N–H and O–H groups in total. The van der Waals surface area contributed by atoms with Crippen LogP contribution in [0.1, 0.15) is 5.56 Å². The summed E-state index contributed by atoms with van der Waals surface area (Å²) in [5.41, 5.74) is -1.61. The molecule has 5 nitrogen and oxygen atoms in total. The molecule has 0 unspecified atom stereocenters. The van der Waals surface area contributed by atoms with Crippen molar-refractivity contribution in [3.63, 3.8) is 0 Å². The zero-order valence-electron chi connectivity index (χ0n) is 13.1. The van der Waals surface area contributed by atoms with E-state index in [1.807, 2.05) is 0 Å². The fraction of sp³-hybridized carbons (Fsp3) is 0.214. The fourth-order valence-electron chi connectivity index (χ4n) is 2.03. The van der Waals surface area contributed by atoms with Crippen molar-refractivity contribution in [1.29, 1.82) is 0 Å². The first-order valence-corrected chi connectivity index (χ1v) is 8.97. The normalized spacial score (nSPS) is 12.2. The van der Waals surface area contributed by atoms with E-state index in [-0.39, 0.29) is 16.3 Å². The van der Waals surface area contributed by atoms with Gasteiger partial charge in [0.05, 0.1) is 26.2 Å². The average Bonchev–Trinajstić information content (AvgIpc) is 2.54. The number of methoxy groups -OCH3 is 1. The van der Waals surface area contributed by atoms with Crippen molar-refractivity contribution in [2.24, 2.45) is 0 Å². The molecule has 1 aromatic heterocycles. The number of rotatable bonds is 5. The van der Waals surface area contributed by atoms with Crippen LogP contribution < -0.4 is 9.90 Å². The van der Waals surface area contributed by atoms with Crippen molar-refractivity contribution in [3.05, 3.63) is 46.1 Å². The van der Waals surface area contributed by atoms with Crippen molar-refractivity contribution in [2.75, 3.05) is 18.1 Å². The highest BCUT2D eigenvalue weighted by Crippen LogP contribution is 2.36. The highest BCUT2D eigenvalue weighted by atomic mass is 35.5. The van der Waals surface area contributed by atoms with Crippen molar-refractivity contribution in [1.82, 2.24) is 4.98 Å². The lowest BCUT2D eigenvalue weighted by molar-refractivity contribution is -0.137. The summed E-state index contributed by atoms with van der Waals surface area (Å²) in [6, 6.07) is 3.45. The summed E-state index contributed by atoms with van der Waals surface area (Å²) in [5.74, 6) is 0. The van der Waals surface area contributed by atoms with Gasteiger partial charge in [-0.2, -0.15) is 13.2 Å². The minimum Gasteiger partial charge on any atom is -0.363 e. The highest BCUT2D eigenvalue weighted by molar-refractivity contribution is 7.92. The number of hydrogen-bond acceptors (Lipinski definition) is 4. The van der Waals surface area contributed by atoms with E-state index in [2.05, 4.69) is 4.98 Å². The summed E-state index contributed by atoms with van der Waals surface area (Å²) in [6.45, 7) is -0.529. The lowest BCUT2D eigenvalue weighted by Crippen LogP contribution is -2.37. The van der Waals surface area contributed by atoms with Crippen molar-refractivity contribution >= 4 is 52.4 Å². The van der Waals surface area contributed by atoms with Gasteiger partial charge in [0.15, 0.2) is 0 Å². The van der Waals surface area contributed by atoms with Gasteiger partial charge >= 0.3 is 6.18 Å². The SMILES string of the molecule is [B]c1ncc(Cl)cc1N(COC)S(=O)(=O)c1ccc(Cl)c(C(F)(F)F)c1. The fourth-order valence-corrected chi connectivity index (χ4v) is 3.82. The molecule has 2 rings (SSSR count). The zero-order chi connectivity index (χ0) is 19.7. The van der Waals surface area contributed by atoms with Crippen molar-refractivity contribution in [3.8, 4) is 0 Å². The van der Waals surface area contributed by atoms with Crippen molar-refractivity contribution in [2.45, 2.75) is 11.1 Å². The van der Waals surface area contributed by atoms with E-state index >= 15 is 0 Å². The minimum atomic E-state index is -4.83. The molecule has 0 fully saturated rings. The molecule has 2 radical (unpaired) electrons. The Morgan fingerprint density at radius 1 is 1.27 bits per heavy atom. The maximum Gasteiger partial charge on any atom is 0.417 e. The second-order valence-electron chi connectivity index (χ2n) is 4.97. The first kappa shape index (κ1) is 20.8. The second kappa shape index (κ2) is 7.63.